The van der Waals surface area contributed by atoms with Gasteiger partial charge < -0.3 is 14.8 Å². The number of rotatable bonds is 2. The van der Waals surface area contributed by atoms with Gasteiger partial charge in [-0.15, -0.1) is 0 Å². The number of nitrogens with one attached hydrogen (secondary N) is 1. The second kappa shape index (κ2) is 4.54. The number of ether oxygens (including phenoxy) is 2. The molecule has 1 aromatic rings. The normalized spacial score (nSPS) is 18.0. The average molecular weight is 257 g/mol. The van der Waals surface area contributed by atoms with Crippen molar-refractivity contribution in [1.82, 2.24) is 5.32 Å². The molecule has 1 aliphatic heterocycles. The van der Waals surface area contributed by atoms with E-state index in [0.29, 0.717) is 35.0 Å². The van der Waals surface area contributed by atoms with Crippen LogP contribution in [0, 0.1) is 0 Å². The van der Waals surface area contributed by atoms with Crippen molar-refractivity contribution in [3.05, 3.63) is 17.7 Å². The predicted molar refractivity (Wildman–Crippen MR) is 63.3 cm³/mol. The van der Waals surface area contributed by atoms with Crippen molar-refractivity contribution in [2.75, 3.05) is 26.5 Å². The standard InChI is InChI=1S/C11H15NO4S/c1-15-9-3-4-10-8(11(9)16-2)7-12-5-6-17(10,13)14/h3-4,12H,5-7H2,1-2H3. The van der Waals surface area contributed by atoms with Gasteiger partial charge in [0.1, 0.15) is 0 Å². The van der Waals surface area contributed by atoms with Crippen LogP contribution in [0.25, 0.3) is 0 Å². The molecule has 1 aliphatic rings. The second-order valence-corrected chi connectivity index (χ2v) is 5.85. The Balaban J connectivity index is 2.69. The molecule has 0 unspecified atom stereocenters. The number of methoxy groups -OCH3 is 2. The molecule has 17 heavy (non-hydrogen) atoms. The number of benzene rings is 1. The molecule has 6 heteroatoms. The summed E-state index contributed by atoms with van der Waals surface area (Å²) < 4.78 is 34.5. The van der Waals surface area contributed by atoms with Crippen LogP contribution in [0.3, 0.4) is 0 Å². The number of fused-ring (bicyclic) bond motifs is 1. The highest BCUT2D eigenvalue weighted by atomic mass is 32.2. The SMILES string of the molecule is COc1ccc2c(c1OC)CNCCS2(=O)=O. The molecule has 2 rings (SSSR count). The summed E-state index contributed by atoms with van der Waals surface area (Å²) in [7, 11) is -0.194. The Kier molecular flexibility index (Phi) is 3.26. The molecular formula is C11H15NO4S. The van der Waals surface area contributed by atoms with E-state index >= 15 is 0 Å². The molecule has 1 heterocycles. The van der Waals surface area contributed by atoms with E-state index in [4.69, 9.17) is 9.47 Å². The fourth-order valence-electron chi connectivity index (χ4n) is 1.96. The first-order valence-electron chi connectivity index (χ1n) is 5.27. The van der Waals surface area contributed by atoms with E-state index in [9.17, 15) is 8.42 Å². The lowest BCUT2D eigenvalue weighted by molar-refractivity contribution is 0.349. The molecule has 1 N–H and O–H groups in total. The van der Waals surface area contributed by atoms with Crippen LogP contribution in [0.15, 0.2) is 17.0 Å². The largest absolute Gasteiger partial charge is 0.493 e. The van der Waals surface area contributed by atoms with Crippen LogP contribution >= 0.6 is 0 Å². The van der Waals surface area contributed by atoms with Gasteiger partial charge in [-0.1, -0.05) is 0 Å². The third-order valence-electron chi connectivity index (χ3n) is 2.79. The van der Waals surface area contributed by atoms with Crippen LogP contribution < -0.4 is 14.8 Å². The van der Waals surface area contributed by atoms with E-state index in [-0.39, 0.29) is 5.75 Å². The fraction of sp³-hybridized carbons (Fsp3) is 0.455. The lowest BCUT2D eigenvalue weighted by atomic mass is 10.2. The molecule has 0 atom stereocenters. The average Bonchev–Trinajstić information content (AvgIpc) is 2.47. The van der Waals surface area contributed by atoms with Crippen LogP contribution in [-0.4, -0.2) is 34.9 Å². The minimum Gasteiger partial charge on any atom is -0.493 e. The highest BCUT2D eigenvalue weighted by molar-refractivity contribution is 7.91. The van der Waals surface area contributed by atoms with Crippen molar-refractivity contribution in [1.29, 1.82) is 0 Å². The van der Waals surface area contributed by atoms with E-state index in [1.54, 1.807) is 12.1 Å². The summed E-state index contributed by atoms with van der Waals surface area (Å²) in [6.45, 7) is 0.914. The van der Waals surface area contributed by atoms with Gasteiger partial charge in [-0.25, -0.2) is 8.42 Å². The van der Waals surface area contributed by atoms with E-state index < -0.39 is 9.84 Å². The topological polar surface area (TPSA) is 64.6 Å². The molecule has 5 nitrogen and oxygen atoms in total. The molecule has 1 aromatic carbocycles. The molecule has 0 amide bonds. The van der Waals surface area contributed by atoms with Gasteiger partial charge in [0.15, 0.2) is 21.3 Å². The lowest BCUT2D eigenvalue weighted by Gasteiger charge is -2.14. The van der Waals surface area contributed by atoms with Gasteiger partial charge in [-0.3, -0.25) is 0 Å². The minimum absolute atomic E-state index is 0.107. The summed E-state index contributed by atoms with van der Waals surface area (Å²) in [5, 5.41) is 3.07. The van der Waals surface area contributed by atoms with E-state index in [0.717, 1.165) is 0 Å². The van der Waals surface area contributed by atoms with Gasteiger partial charge in [-0.05, 0) is 12.1 Å². The maximum absolute atomic E-state index is 12.0. The Hall–Kier alpha value is -1.27. The molecule has 0 saturated heterocycles. The highest BCUT2D eigenvalue weighted by Crippen LogP contribution is 2.36. The Morgan fingerprint density at radius 3 is 2.65 bits per heavy atom. The third kappa shape index (κ3) is 2.10. The maximum Gasteiger partial charge on any atom is 0.180 e. The zero-order valence-corrected chi connectivity index (χ0v) is 10.6. The van der Waals surface area contributed by atoms with Crippen molar-refractivity contribution in [2.24, 2.45) is 0 Å². The Bertz CT molecular complexity index is 525. The molecule has 0 radical (unpaired) electrons. The summed E-state index contributed by atoms with van der Waals surface area (Å²) in [5.41, 5.74) is 0.643. The smallest absolute Gasteiger partial charge is 0.180 e. The zero-order valence-electron chi connectivity index (χ0n) is 9.82. The highest BCUT2D eigenvalue weighted by Gasteiger charge is 2.26. The Morgan fingerprint density at radius 2 is 2.00 bits per heavy atom. The van der Waals surface area contributed by atoms with E-state index in [1.165, 1.54) is 14.2 Å². The van der Waals surface area contributed by atoms with Crippen molar-refractivity contribution < 1.29 is 17.9 Å². The quantitative estimate of drug-likeness (QED) is 0.839. The predicted octanol–water partition coefficient (Wildman–Crippen LogP) is 0.581. The van der Waals surface area contributed by atoms with E-state index in [2.05, 4.69) is 5.32 Å². The summed E-state index contributed by atoms with van der Waals surface area (Å²) >= 11 is 0. The van der Waals surface area contributed by atoms with Crippen molar-refractivity contribution >= 4 is 9.84 Å². The van der Waals surface area contributed by atoms with Crippen molar-refractivity contribution in [3.8, 4) is 11.5 Å². The van der Waals surface area contributed by atoms with Crippen molar-refractivity contribution in [2.45, 2.75) is 11.4 Å². The summed E-state index contributed by atoms with van der Waals surface area (Å²) in [4.78, 5) is 0.333. The van der Waals surface area contributed by atoms with Crippen LogP contribution in [0.1, 0.15) is 5.56 Å². The number of hydrogen-bond acceptors (Lipinski definition) is 5. The van der Waals surface area contributed by atoms with Crippen LogP contribution in [0.2, 0.25) is 0 Å². The van der Waals surface area contributed by atoms with Gasteiger partial charge in [0.2, 0.25) is 0 Å². The zero-order chi connectivity index (χ0) is 12.5. The minimum atomic E-state index is -3.23. The summed E-state index contributed by atoms with van der Waals surface area (Å²) in [6.07, 6.45) is 0. The molecule has 0 spiro atoms. The fourth-order valence-corrected chi connectivity index (χ4v) is 3.41. The second-order valence-electron chi connectivity index (χ2n) is 3.77. The van der Waals surface area contributed by atoms with Crippen LogP contribution in [-0.2, 0) is 16.4 Å². The van der Waals surface area contributed by atoms with Gasteiger partial charge in [0.25, 0.3) is 0 Å². The first kappa shape index (κ1) is 12.2. The first-order valence-corrected chi connectivity index (χ1v) is 6.92. The molecule has 0 aliphatic carbocycles. The van der Waals surface area contributed by atoms with Crippen molar-refractivity contribution in [3.63, 3.8) is 0 Å². The Labute approximate surface area is 101 Å². The lowest BCUT2D eigenvalue weighted by Crippen LogP contribution is -2.17. The molecule has 0 saturated carbocycles. The first-order chi connectivity index (χ1) is 8.10. The maximum atomic E-state index is 12.0. The molecule has 0 fully saturated rings. The number of hydrogen-bond donors (Lipinski definition) is 1. The molecule has 94 valence electrons. The summed E-state index contributed by atoms with van der Waals surface area (Å²) in [5.74, 6) is 1.14. The monoisotopic (exact) mass is 257 g/mol. The molecular weight excluding hydrogens is 242 g/mol. The van der Waals surface area contributed by atoms with Gasteiger partial charge in [-0.2, -0.15) is 0 Å². The van der Waals surface area contributed by atoms with Gasteiger partial charge in [0.05, 0.1) is 24.9 Å². The molecule has 0 bridgehead atoms. The van der Waals surface area contributed by atoms with E-state index in [1.807, 2.05) is 0 Å². The van der Waals surface area contributed by atoms with Gasteiger partial charge in [0, 0.05) is 18.7 Å². The number of sulfone groups is 1. The molecule has 0 aromatic heterocycles. The third-order valence-corrected chi connectivity index (χ3v) is 4.58. The summed E-state index contributed by atoms with van der Waals surface area (Å²) in [6, 6.07) is 3.21. The van der Waals surface area contributed by atoms with Gasteiger partial charge >= 0.3 is 0 Å². The van der Waals surface area contributed by atoms with Crippen LogP contribution in [0.5, 0.6) is 11.5 Å². The Morgan fingerprint density at radius 1 is 1.24 bits per heavy atom. The van der Waals surface area contributed by atoms with Crippen LogP contribution in [0.4, 0.5) is 0 Å².